The van der Waals surface area contributed by atoms with Gasteiger partial charge in [-0.2, -0.15) is 0 Å². The lowest BCUT2D eigenvalue weighted by molar-refractivity contribution is 0.501. The van der Waals surface area contributed by atoms with E-state index in [0.717, 1.165) is 24.8 Å². The van der Waals surface area contributed by atoms with Crippen molar-refractivity contribution in [3.05, 3.63) is 68.8 Å². The van der Waals surface area contributed by atoms with Crippen molar-refractivity contribution < 1.29 is 4.42 Å². The van der Waals surface area contributed by atoms with Gasteiger partial charge in [0.15, 0.2) is 5.65 Å². The zero-order valence-electron chi connectivity index (χ0n) is 17.4. The lowest BCUT2D eigenvalue weighted by Crippen LogP contribution is -2.40. The van der Waals surface area contributed by atoms with Crippen LogP contribution in [0.4, 0.5) is 5.69 Å². The summed E-state index contributed by atoms with van der Waals surface area (Å²) in [6.07, 6.45) is 4.76. The highest BCUT2D eigenvalue weighted by atomic mass is 16.4. The number of nitrogens with zero attached hydrogens (tertiary/aromatic N) is 5. The first kappa shape index (κ1) is 20.6. The highest BCUT2D eigenvalue weighted by Gasteiger charge is 2.18. The van der Waals surface area contributed by atoms with Gasteiger partial charge in [-0.25, -0.2) is 9.78 Å². The molecular formula is C21H25N7O3. The molecule has 0 spiro atoms. The predicted octanol–water partition coefficient (Wildman–Crippen LogP) is 1.88. The van der Waals surface area contributed by atoms with Crippen LogP contribution in [-0.2, 0) is 25.9 Å². The molecule has 0 aliphatic rings. The zero-order valence-corrected chi connectivity index (χ0v) is 17.4. The number of H-pyrrole nitrogens is 1. The fraction of sp³-hybridized carbons (Fsp3) is 0.381. The summed E-state index contributed by atoms with van der Waals surface area (Å²) in [5, 5.41) is 7.51. The van der Waals surface area contributed by atoms with E-state index in [4.69, 9.17) is 10.2 Å². The summed E-state index contributed by atoms with van der Waals surface area (Å²) < 4.78 is 8.03. The molecule has 10 nitrogen and oxygen atoms in total. The SMILES string of the molecule is CCCCCn1c(=O)c2[nH]c(Cc3nnco3)nc2n(CCc2cccc(N)c2)c1=O. The van der Waals surface area contributed by atoms with Crippen LogP contribution in [0.3, 0.4) is 0 Å². The summed E-state index contributed by atoms with van der Waals surface area (Å²) in [7, 11) is 0. The fourth-order valence-corrected chi connectivity index (χ4v) is 3.62. The third kappa shape index (κ3) is 4.42. The summed E-state index contributed by atoms with van der Waals surface area (Å²) in [5.41, 5.74) is 7.47. The molecule has 0 bridgehead atoms. The molecule has 162 valence electrons. The molecule has 3 N–H and O–H groups in total. The summed E-state index contributed by atoms with van der Waals surface area (Å²) in [6, 6.07) is 7.54. The highest BCUT2D eigenvalue weighted by Crippen LogP contribution is 2.12. The van der Waals surface area contributed by atoms with E-state index in [1.165, 1.54) is 11.0 Å². The van der Waals surface area contributed by atoms with Crippen molar-refractivity contribution in [1.82, 2.24) is 29.3 Å². The highest BCUT2D eigenvalue weighted by molar-refractivity contribution is 5.70. The van der Waals surface area contributed by atoms with Gasteiger partial charge in [0.05, 0.1) is 6.42 Å². The molecule has 4 aromatic rings. The van der Waals surface area contributed by atoms with Crippen LogP contribution in [0.5, 0.6) is 0 Å². The van der Waals surface area contributed by atoms with Crippen molar-refractivity contribution in [2.45, 2.75) is 52.1 Å². The van der Waals surface area contributed by atoms with E-state index in [9.17, 15) is 9.59 Å². The molecule has 0 atom stereocenters. The molecule has 4 rings (SSSR count). The predicted molar refractivity (Wildman–Crippen MR) is 116 cm³/mol. The normalized spacial score (nSPS) is 11.4. The maximum absolute atomic E-state index is 13.2. The molecule has 0 saturated heterocycles. The van der Waals surface area contributed by atoms with Gasteiger partial charge < -0.3 is 15.1 Å². The standard InChI is InChI=1S/C21H25N7O3/c1-2-3-4-9-28-20(29)18-19(25-16(24-18)12-17-26-23-13-31-17)27(21(28)30)10-8-14-6-5-7-15(22)11-14/h5-7,11,13H,2-4,8-10,12,22H2,1H3,(H,24,25). The van der Waals surface area contributed by atoms with E-state index >= 15 is 0 Å². The number of aryl methyl sites for hydroxylation is 2. The van der Waals surface area contributed by atoms with E-state index in [1.54, 1.807) is 4.57 Å². The third-order valence-corrected chi connectivity index (χ3v) is 5.19. The lowest BCUT2D eigenvalue weighted by atomic mass is 10.1. The Morgan fingerprint density at radius 1 is 1.16 bits per heavy atom. The Bertz CT molecular complexity index is 1280. The second-order valence-electron chi connectivity index (χ2n) is 7.48. The summed E-state index contributed by atoms with van der Waals surface area (Å²) in [6.45, 7) is 2.82. The second kappa shape index (κ2) is 8.99. The van der Waals surface area contributed by atoms with Gasteiger partial charge in [0.25, 0.3) is 5.56 Å². The third-order valence-electron chi connectivity index (χ3n) is 5.19. The Labute approximate surface area is 177 Å². The van der Waals surface area contributed by atoms with Crippen LogP contribution in [0.25, 0.3) is 11.2 Å². The maximum atomic E-state index is 13.2. The second-order valence-corrected chi connectivity index (χ2v) is 7.48. The number of aromatic nitrogens is 6. The Balaban J connectivity index is 1.75. The minimum absolute atomic E-state index is 0.243. The first-order valence-electron chi connectivity index (χ1n) is 10.4. The number of nitrogen functional groups attached to an aromatic ring is 1. The van der Waals surface area contributed by atoms with Gasteiger partial charge in [0.2, 0.25) is 12.3 Å². The van der Waals surface area contributed by atoms with Gasteiger partial charge in [0.1, 0.15) is 11.3 Å². The molecule has 0 aliphatic heterocycles. The van der Waals surface area contributed by atoms with E-state index in [2.05, 4.69) is 27.1 Å². The molecule has 0 radical (unpaired) electrons. The number of nitrogens with two attached hydrogens (primary N) is 1. The van der Waals surface area contributed by atoms with E-state index in [1.807, 2.05) is 24.3 Å². The van der Waals surface area contributed by atoms with Crippen LogP contribution in [-0.4, -0.2) is 29.3 Å². The average molecular weight is 423 g/mol. The lowest BCUT2D eigenvalue weighted by Gasteiger charge is -2.11. The number of aromatic amines is 1. The van der Waals surface area contributed by atoms with Gasteiger partial charge in [-0.1, -0.05) is 31.9 Å². The van der Waals surface area contributed by atoms with Gasteiger partial charge in [-0.3, -0.25) is 13.9 Å². The largest absolute Gasteiger partial charge is 0.428 e. The number of anilines is 1. The molecule has 10 heteroatoms. The number of rotatable bonds is 9. The summed E-state index contributed by atoms with van der Waals surface area (Å²) in [5.74, 6) is 0.857. The zero-order chi connectivity index (χ0) is 21.8. The number of hydrogen-bond acceptors (Lipinski definition) is 7. The molecule has 0 aliphatic carbocycles. The minimum Gasteiger partial charge on any atom is -0.428 e. The Morgan fingerprint density at radius 2 is 2.03 bits per heavy atom. The van der Waals surface area contributed by atoms with Crippen LogP contribution in [0.1, 0.15) is 43.5 Å². The Morgan fingerprint density at radius 3 is 2.77 bits per heavy atom. The molecule has 3 heterocycles. The Kier molecular flexibility index (Phi) is 5.96. The van der Waals surface area contributed by atoms with Crippen LogP contribution in [0.15, 0.2) is 44.7 Å². The number of benzene rings is 1. The smallest absolute Gasteiger partial charge is 0.332 e. The molecule has 0 amide bonds. The van der Waals surface area contributed by atoms with Crippen LogP contribution in [0.2, 0.25) is 0 Å². The maximum Gasteiger partial charge on any atom is 0.332 e. The van der Waals surface area contributed by atoms with Crippen molar-refractivity contribution in [1.29, 1.82) is 0 Å². The number of unbranched alkanes of at least 4 members (excludes halogenated alkanes) is 2. The van der Waals surface area contributed by atoms with Crippen molar-refractivity contribution >= 4 is 16.9 Å². The van der Waals surface area contributed by atoms with Crippen molar-refractivity contribution in [3.8, 4) is 0 Å². The molecular weight excluding hydrogens is 398 g/mol. The van der Waals surface area contributed by atoms with Crippen molar-refractivity contribution in [2.24, 2.45) is 0 Å². The minimum atomic E-state index is -0.361. The van der Waals surface area contributed by atoms with Crippen molar-refractivity contribution in [3.63, 3.8) is 0 Å². The number of fused-ring (bicyclic) bond motifs is 1. The monoisotopic (exact) mass is 423 g/mol. The summed E-state index contributed by atoms with van der Waals surface area (Å²) >= 11 is 0. The number of nitrogens with one attached hydrogen (secondary N) is 1. The van der Waals surface area contributed by atoms with Gasteiger partial charge in [-0.05, 0) is 30.5 Å². The van der Waals surface area contributed by atoms with E-state index < -0.39 is 0 Å². The molecule has 0 fully saturated rings. The quantitative estimate of drug-likeness (QED) is 0.310. The molecule has 0 unspecified atom stereocenters. The van der Waals surface area contributed by atoms with E-state index in [0.29, 0.717) is 48.1 Å². The number of hydrogen-bond donors (Lipinski definition) is 2. The average Bonchev–Trinajstić information content (AvgIpc) is 3.41. The van der Waals surface area contributed by atoms with Crippen LogP contribution in [0, 0.1) is 0 Å². The number of imidazole rings is 1. The molecule has 0 saturated carbocycles. The van der Waals surface area contributed by atoms with Crippen molar-refractivity contribution in [2.75, 3.05) is 5.73 Å². The van der Waals surface area contributed by atoms with Gasteiger partial charge in [-0.15, -0.1) is 10.2 Å². The molecule has 31 heavy (non-hydrogen) atoms. The van der Waals surface area contributed by atoms with Crippen LogP contribution < -0.4 is 17.0 Å². The molecule has 1 aromatic carbocycles. The van der Waals surface area contributed by atoms with Crippen LogP contribution >= 0.6 is 0 Å². The Hall–Kier alpha value is -3.69. The van der Waals surface area contributed by atoms with Gasteiger partial charge >= 0.3 is 5.69 Å². The van der Waals surface area contributed by atoms with E-state index in [-0.39, 0.29) is 17.7 Å². The first-order chi connectivity index (χ1) is 15.1. The first-order valence-corrected chi connectivity index (χ1v) is 10.4. The fourth-order valence-electron chi connectivity index (χ4n) is 3.62. The topological polar surface area (TPSA) is 138 Å². The molecule has 3 aromatic heterocycles. The van der Waals surface area contributed by atoms with Gasteiger partial charge in [0, 0.05) is 18.8 Å². The summed E-state index contributed by atoms with van der Waals surface area (Å²) in [4.78, 5) is 33.8.